The summed E-state index contributed by atoms with van der Waals surface area (Å²) < 4.78 is 18.5. The van der Waals surface area contributed by atoms with Crippen molar-refractivity contribution in [3.8, 4) is 11.4 Å². The number of aromatic nitrogens is 2. The molecule has 0 aliphatic rings. The van der Waals surface area contributed by atoms with Crippen molar-refractivity contribution in [2.75, 3.05) is 0 Å². The maximum atomic E-state index is 13.5. The lowest BCUT2D eigenvalue weighted by Crippen LogP contribution is -2.09. The molecule has 96 valence electrons. The van der Waals surface area contributed by atoms with E-state index in [0.717, 1.165) is 6.42 Å². The molecule has 0 spiro atoms. The second-order valence-electron chi connectivity index (χ2n) is 4.14. The van der Waals surface area contributed by atoms with Gasteiger partial charge in [-0.3, -0.25) is 0 Å². The van der Waals surface area contributed by atoms with Crippen LogP contribution in [0.25, 0.3) is 11.4 Å². The Labute approximate surface area is 104 Å². The third kappa shape index (κ3) is 2.92. The molecule has 4 nitrogen and oxygen atoms in total. The highest BCUT2D eigenvalue weighted by Gasteiger charge is 2.14. The fraction of sp³-hybridized carbons (Fsp3) is 0.385. The maximum absolute atomic E-state index is 13.5. The third-order valence-electron chi connectivity index (χ3n) is 2.61. The van der Waals surface area contributed by atoms with Gasteiger partial charge in [0, 0.05) is 0 Å². The fourth-order valence-electron chi connectivity index (χ4n) is 1.73. The van der Waals surface area contributed by atoms with Gasteiger partial charge in [0.15, 0.2) is 0 Å². The molecule has 0 saturated carbocycles. The Hall–Kier alpha value is -1.75. The monoisotopic (exact) mass is 250 g/mol. The number of nitrogens with zero attached hydrogens (tertiary/aromatic N) is 2. The molecule has 1 N–H and O–H groups in total. The highest BCUT2D eigenvalue weighted by molar-refractivity contribution is 5.54. The van der Waals surface area contributed by atoms with Crippen LogP contribution in [0.3, 0.4) is 0 Å². The van der Waals surface area contributed by atoms with Crippen LogP contribution in [0.15, 0.2) is 28.8 Å². The number of hydrogen-bond acceptors (Lipinski definition) is 4. The van der Waals surface area contributed by atoms with Gasteiger partial charge in [0.2, 0.25) is 11.7 Å². The van der Waals surface area contributed by atoms with Crippen LogP contribution in [0.1, 0.15) is 25.7 Å². The molecule has 1 aromatic carbocycles. The van der Waals surface area contributed by atoms with Crippen LogP contribution in [-0.2, 0) is 6.42 Å². The number of aliphatic hydroxyl groups is 1. The number of rotatable bonds is 5. The molecule has 0 amide bonds. The smallest absolute Gasteiger partial charge is 0.229 e. The molecule has 1 atom stereocenters. The Balaban J connectivity index is 2.13. The Morgan fingerprint density at radius 1 is 1.39 bits per heavy atom. The average molecular weight is 250 g/mol. The molecule has 18 heavy (non-hydrogen) atoms. The molecule has 1 unspecified atom stereocenters. The largest absolute Gasteiger partial charge is 0.393 e. The summed E-state index contributed by atoms with van der Waals surface area (Å²) in [7, 11) is 0. The Morgan fingerprint density at radius 3 is 2.89 bits per heavy atom. The molecule has 0 aliphatic carbocycles. The average Bonchev–Trinajstić information content (AvgIpc) is 2.78. The van der Waals surface area contributed by atoms with E-state index in [1.54, 1.807) is 18.2 Å². The fourth-order valence-corrected chi connectivity index (χ4v) is 1.73. The van der Waals surface area contributed by atoms with E-state index in [1.807, 2.05) is 6.92 Å². The van der Waals surface area contributed by atoms with Gasteiger partial charge >= 0.3 is 0 Å². The molecule has 1 heterocycles. The van der Waals surface area contributed by atoms with E-state index in [2.05, 4.69) is 10.1 Å². The van der Waals surface area contributed by atoms with Gasteiger partial charge in [-0.05, 0) is 18.6 Å². The van der Waals surface area contributed by atoms with Crippen molar-refractivity contribution < 1.29 is 14.0 Å². The van der Waals surface area contributed by atoms with E-state index in [9.17, 15) is 9.50 Å². The number of benzene rings is 1. The lowest BCUT2D eigenvalue weighted by molar-refractivity contribution is 0.152. The Morgan fingerprint density at radius 2 is 2.17 bits per heavy atom. The van der Waals surface area contributed by atoms with E-state index in [1.165, 1.54) is 6.07 Å². The Bertz CT molecular complexity index is 513. The zero-order chi connectivity index (χ0) is 13.0. The van der Waals surface area contributed by atoms with Crippen molar-refractivity contribution >= 4 is 0 Å². The second kappa shape index (κ2) is 5.73. The quantitative estimate of drug-likeness (QED) is 0.886. The molecule has 0 radical (unpaired) electrons. The first-order valence-electron chi connectivity index (χ1n) is 5.96. The van der Waals surface area contributed by atoms with E-state index >= 15 is 0 Å². The second-order valence-corrected chi connectivity index (χ2v) is 4.14. The summed E-state index contributed by atoms with van der Waals surface area (Å²) >= 11 is 0. The van der Waals surface area contributed by atoms with Crippen LogP contribution >= 0.6 is 0 Å². The minimum atomic E-state index is -0.496. The van der Waals surface area contributed by atoms with Crippen LogP contribution in [0, 0.1) is 5.82 Å². The lowest BCUT2D eigenvalue weighted by Gasteiger charge is -2.03. The van der Waals surface area contributed by atoms with E-state index < -0.39 is 6.10 Å². The first-order valence-corrected chi connectivity index (χ1v) is 5.96. The summed E-state index contributed by atoms with van der Waals surface area (Å²) in [6, 6.07) is 6.24. The number of halogens is 1. The Kier molecular flexibility index (Phi) is 4.04. The van der Waals surface area contributed by atoms with Gasteiger partial charge < -0.3 is 9.63 Å². The predicted octanol–water partition coefficient (Wildman–Crippen LogP) is 2.58. The summed E-state index contributed by atoms with van der Waals surface area (Å²) in [5.41, 5.74) is 0.303. The summed E-state index contributed by atoms with van der Waals surface area (Å²) in [6.07, 6.45) is 1.37. The van der Waals surface area contributed by atoms with Gasteiger partial charge in [-0.15, -0.1) is 0 Å². The molecule has 0 bridgehead atoms. The zero-order valence-corrected chi connectivity index (χ0v) is 10.1. The molecule has 5 heteroatoms. The molecule has 1 aromatic heterocycles. The van der Waals surface area contributed by atoms with Crippen LogP contribution in [0.2, 0.25) is 0 Å². The van der Waals surface area contributed by atoms with E-state index in [0.29, 0.717) is 24.3 Å². The zero-order valence-electron chi connectivity index (χ0n) is 10.1. The molecule has 2 aromatic rings. The normalized spacial score (nSPS) is 12.6. The standard InChI is InChI=1S/C13H15FN2O2/c1-2-5-9(17)8-12-15-13(16-18-12)10-6-3-4-7-11(10)14/h3-4,6-7,9,17H,2,5,8H2,1H3. The molecule has 0 fully saturated rings. The third-order valence-corrected chi connectivity index (χ3v) is 2.61. The van der Waals surface area contributed by atoms with Crippen molar-refractivity contribution in [2.45, 2.75) is 32.3 Å². The van der Waals surface area contributed by atoms with Gasteiger partial charge in [-0.2, -0.15) is 4.98 Å². The minimum Gasteiger partial charge on any atom is -0.393 e. The summed E-state index contributed by atoms with van der Waals surface area (Å²) in [5.74, 6) is 0.153. The van der Waals surface area contributed by atoms with Crippen molar-refractivity contribution in [1.82, 2.24) is 10.1 Å². The molecule has 2 rings (SSSR count). The van der Waals surface area contributed by atoms with Crippen LogP contribution < -0.4 is 0 Å². The van der Waals surface area contributed by atoms with Gasteiger partial charge in [0.1, 0.15) is 5.82 Å². The molecular weight excluding hydrogens is 235 g/mol. The van der Waals surface area contributed by atoms with Gasteiger partial charge in [-0.25, -0.2) is 4.39 Å². The highest BCUT2D eigenvalue weighted by atomic mass is 19.1. The minimum absolute atomic E-state index is 0.215. The maximum Gasteiger partial charge on any atom is 0.229 e. The first-order chi connectivity index (χ1) is 8.70. The van der Waals surface area contributed by atoms with Gasteiger partial charge in [0.05, 0.1) is 18.1 Å². The van der Waals surface area contributed by atoms with Gasteiger partial charge in [-0.1, -0.05) is 30.6 Å². The van der Waals surface area contributed by atoms with Gasteiger partial charge in [0.25, 0.3) is 0 Å². The summed E-state index contributed by atoms with van der Waals surface area (Å²) in [5, 5.41) is 13.4. The SMILES string of the molecule is CCCC(O)Cc1nc(-c2ccccc2F)no1. The van der Waals surface area contributed by atoms with Crippen LogP contribution in [0.5, 0.6) is 0 Å². The summed E-state index contributed by atoms with van der Waals surface area (Å²) in [6.45, 7) is 1.99. The number of aliphatic hydroxyl groups excluding tert-OH is 1. The van der Waals surface area contributed by atoms with Crippen LogP contribution in [0.4, 0.5) is 4.39 Å². The lowest BCUT2D eigenvalue weighted by atomic mass is 10.1. The van der Waals surface area contributed by atoms with Crippen molar-refractivity contribution in [3.63, 3.8) is 0 Å². The van der Waals surface area contributed by atoms with Crippen molar-refractivity contribution in [3.05, 3.63) is 36.0 Å². The first kappa shape index (κ1) is 12.7. The van der Waals surface area contributed by atoms with Crippen LogP contribution in [-0.4, -0.2) is 21.4 Å². The van der Waals surface area contributed by atoms with Crippen molar-refractivity contribution in [1.29, 1.82) is 0 Å². The van der Waals surface area contributed by atoms with E-state index in [4.69, 9.17) is 4.52 Å². The molecule has 0 aliphatic heterocycles. The molecular formula is C13H15FN2O2. The predicted molar refractivity (Wildman–Crippen MR) is 64.3 cm³/mol. The molecule has 0 saturated heterocycles. The van der Waals surface area contributed by atoms with Crippen molar-refractivity contribution in [2.24, 2.45) is 0 Å². The van der Waals surface area contributed by atoms with E-state index in [-0.39, 0.29) is 11.6 Å². The highest BCUT2D eigenvalue weighted by Crippen LogP contribution is 2.19. The topological polar surface area (TPSA) is 59.2 Å². The summed E-state index contributed by atoms with van der Waals surface area (Å²) in [4.78, 5) is 4.09. The number of hydrogen-bond donors (Lipinski definition) is 1.